The number of carbonyl (C=O) groups excluding carboxylic acids is 2. The molecule has 9 heteroatoms. The number of anilines is 1. The standard InChI is InChI=1S/C21H24N2O7/c1-13-7-18(19(23(26)27)8-14(13)2)22-20(24)12-30-21(25)6-5-15-9-16(28-3)11-17(10-15)29-4/h7-11H,5-6,12H2,1-4H3,(H,22,24). The lowest BCUT2D eigenvalue weighted by atomic mass is 10.1. The highest BCUT2D eigenvalue weighted by Gasteiger charge is 2.18. The molecule has 0 bridgehead atoms. The molecular weight excluding hydrogens is 392 g/mol. The average molecular weight is 416 g/mol. The number of hydrogen-bond donors (Lipinski definition) is 1. The Morgan fingerprint density at radius 1 is 1.00 bits per heavy atom. The molecule has 0 spiro atoms. The lowest BCUT2D eigenvalue weighted by molar-refractivity contribution is -0.384. The summed E-state index contributed by atoms with van der Waals surface area (Å²) in [6, 6.07) is 8.18. The van der Waals surface area contributed by atoms with Crippen molar-refractivity contribution in [3.63, 3.8) is 0 Å². The Labute approximate surface area is 174 Å². The Balaban J connectivity index is 1.91. The summed E-state index contributed by atoms with van der Waals surface area (Å²) in [4.78, 5) is 34.7. The molecule has 9 nitrogen and oxygen atoms in total. The van der Waals surface area contributed by atoms with Gasteiger partial charge >= 0.3 is 5.97 Å². The van der Waals surface area contributed by atoms with Crippen LogP contribution in [0.1, 0.15) is 23.1 Å². The predicted octanol–water partition coefficient (Wildman–Crippen LogP) is 3.34. The highest BCUT2D eigenvalue weighted by molar-refractivity contribution is 5.95. The number of ether oxygens (including phenoxy) is 3. The van der Waals surface area contributed by atoms with E-state index in [0.717, 1.165) is 16.7 Å². The SMILES string of the molecule is COc1cc(CCC(=O)OCC(=O)Nc2cc(C)c(C)cc2[N+](=O)[O-])cc(OC)c1. The number of hydrogen-bond acceptors (Lipinski definition) is 7. The van der Waals surface area contributed by atoms with Gasteiger partial charge in [-0.2, -0.15) is 0 Å². The van der Waals surface area contributed by atoms with E-state index in [-0.39, 0.29) is 17.8 Å². The van der Waals surface area contributed by atoms with Crippen LogP contribution in [-0.2, 0) is 20.7 Å². The first-order chi connectivity index (χ1) is 14.2. The van der Waals surface area contributed by atoms with E-state index in [1.54, 1.807) is 32.0 Å². The monoisotopic (exact) mass is 416 g/mol. The zero-order valence-electron chi connectivity index (χ0n) is 17.3. The predicted molar refractivity (Wildman–Crippen MR) is 110 cm³/mol. The minimum atomic E-state index is -0.655. The number of nitro groups is 1. The van der Waals surface area contributed by atoms with Gasteiger partial charge < -0.3 is 19.5 Å². The smallest absolute Gasteiger partial charge is 0.306 e. The van der Waals surface area contributed by atoms with Gasteiger partial charge in [-0.1, -0.05) is 0 Å². The van der Waals surface area contributed by atoms with Crippen LogP contribution in [0.5, 0.6) is 11.5 Å². The average Bonchev–Trinajstić information content (AvgIpc) is 2.72. The first-order valence-electron chi connectivity index (χ1n) is 9.16. The molecule has 160 valence electrons. The van der Waals surface area contributed by atoms with E-state index in [2.05, 4.69) is 5.32 Å². The highest BCUT2D eigenvalue weighted by atomic mass is 16.6. The quantitative estimate of drug-likeness (QED) is 0.378. The summed E-state index contributed by atoms with van der Waals surface area (Å²) >= 11 is 0. The van der Waals surface area contributed by atoms with E-state index < -0.39 is 23.4 Å². The van der Waals surface area contributed by atoms with Crippen LogP contribution in [0, 0.1) is 24.0 Å². The Bertz CT molecular complexity index is 934. The Morgan fingerprint density at radius 2 is 1.60 bits per heavy atom. The normalized spacial score (nSPS) is 10.3. The summed E-state index contributed by atoms with van der Waals surface area (Å²) in [7, 11) is 3.07. The van der Waals surface area contributed by atoms with Gasteiger partial charge in [0.2, 0.25) is 0 Å². The Kier molecular flexibility index (Phi) is 7.74. The molecule has 0 unspecified atom stereocenters. The van der Waals surface area contributed by atoms with Gasteiger partial charge in [-0.25, -0.2) is 0 Å². The van der Waals surface area contributed by atoms with Crippen molar-refractivity contribution in [1.29, 1.82) is 0 Å². The molecule has 2 aromatic rings. The topological polar surface area (TPSA) is 117 Å². The highest BCUT2D eigenvalue weighted by Crippen LogP contribution is 2.28. The lowest BCUT2D eigenvalue weighted by Crippen LogP contribution is -2.21. The largest absolute Gasteiger partial charge is 0.497 e. The molecular formula is C21H24N2O7. The van der Waals surface area contributed by atoms with Crippen LogP contribution in [0.4, 0.5) is 11.4 Å². The molecule has 2 aromatic carbocycles. The summed E-state index contributed by atoms with van der Waals surface area (Å²) in [5.41, 5.74) is 2.19. The maximum Gasteiger partial charge on any atom is 0.306 e. The summed E-state index contributed by atoms with van der Waals surface area (Å²) in [6.45, 7) is 2.99. The minimum Gasteiger partial charge on any atom is -0.497 e. The summed E-state index contributed by atoms with van der Waals surface area (Å²) in [6.07, 6.45) is 0.421. The second kappa shape index (κ2) is 10.2. The van der Waals surface area contributed by atoms with Gasteiger partial charge in [0.05, 0.1) is 19.1 Å². The van der Waals surface area contributed by atoms with Crippen molar-refractivity contribution in [1.82, 2.24) is 0 Å². The first kappa shape index (κ1) is 22.7. The molecule has 30 heavy (non-hydrogen) atoms. The molecule has 1 N–H and O–H groups in total. The molecule has 0 saturated heterocycles. The van der Waals surface area contributed by atoms with E-state index in [1.165, 1.54) is 26.4 Å². The van der Waals surface area contributed by atoms with Crippen LogP contribution >= 0.6 is 0 Å². The van der Waals surface area contributed by atoms with Crippen molar-refractivity contribution in [2.24, 2.45) is 0 Å². The molecule has 0 aliphatic heterocycles. The van der Waals surface area contributed by atoms with Crippen LogP contribution in [0.2, 0.25) is 0 Å². The molecule has 0 radical (unpaired) electrons. The van der Waals surface area contributed by atoms with Crippen molar-refractivity contribution in [3.8, 4) is 11.5 Å². The van der Waals surface area contributed by atoms with E-state index in [0.29, 0.717) is 17.9 Å². The van der Waals surface area contributed by atoms with E-state index in [9.17, 15) is 19.7 Å². The number of rotatable bonds is 9. The van der Waals surface area contributed by atoms with Gasteiger partial charge in [0, 0.05) is 18.6 Å². The van der Waals surface area contributed by atoms with Crippen LogP contribution in [-0.4, -0.2) is 37.6 Å². The van der Waals surface area contributed by atoms with Crippen molar-refractivity contribution >= 4 is 23.3 Å². The minimum absolute atomic E-state index is 0.0490. The third-order valence-corrected chi connectivity index (χ3v) is 4.48. The number of nitro benzene ring substituents is 1. The van der Waals surface area contributed by atoms with E-state index in [4.69, 9.17) is 14.2 Å². The van der Waals surface area contributed by atoms with Crippen LogP contribution in [0.15, 0.2) is 30.3 Å². The van der Waals surface area contributed by atoms with Crippen LogP contribution in [0.3, 0.4) is 0 Å². The number of aryl methyl sites for hydroxylation is 3. The third-order valence-electron chi connectivity index (χ3n) is 4.48. The van der Waals surface area contributed by atoms with Gasteiger partial charge in [0.1, 0.15) is 17.2 Å². The number of esters is 1. The fraction of sp³-hybridized carbons (Fsp3) is 0.333. The molecule has 0 fully saturated rings. The van der Waals surface area contributed by atoms with Crippen molar-refractivity contribution in [2.75, 3.05) is 26.1 Å². The fourth-order valence-corrected chi connectivity index (χ4v) is 2.71. The molecule has 1 amide bonds. The van der Waals surface area contributed by atoms with Crippen molar-refractivity contribution < 1.29 is 28.7 Å². The summed E-state index contributed by atoms with van der Waals surface area (Å²) in [5.74, 6) is -0.0153. The lowest BCUT2D eigenvalue weighted by Gasteiger charge is -2.10. The maximum absolute atomic E-state index is 12.1. The van der Waals surface area contributed by atoms with Crippen molar-refractivity contribution in [2.45, 2.75) is 26.7 Å². The maximum atomic E-state index is 12.1. The van der Waals surface area contributed by atoms with E-state index in [1.807, 2.05) is 0 Å². The zero-order chi connectivity index (χ0) is 22.3. The molecule has 0 saturated carbocycles. The zero-order valence-corrected chi connectivity index (χ0v) is 17.3. The summed E-state index contributed by atoms with van der Waals surface area (Å²) in [5, 5.41) is 13.6. The van der Waals surface area contributed by atoms with Gasteiger partial charge in [0.25, 0.3) is 11.6 Å². The first-order valence-corrected chi connectivity index (χ1v) is 9.16. The molecule has 2 rings (SSSR count). The second-order valence-corrected chi connectivity index (χ2v) is 6.64. The van der Waals surface area contributed by atoms with Gasteiger partial charge in [-0.05, 0) is 55.2 Å². The van der Waals surface area contributed by atoms with Crippen LogP contribution < -0.4 is 14.8 Å². The molecule has 0 aromatic heterocycles. The Morgan fingerprint density at radius 3 is 2.17 bits per heavy atom. The van der Waals surface area contributed by atoms with Gasteiger partial charge in [-0.15, -0.1) is 0 Å². The Hall–Kier alpha value is -3.62. The second-order valence-electron chi connectivity index (χ2n) is 6.64. The number of nitrogens with zero attached hydrogens (tertiary/aromatic N) is 1. The van der Waals surface area contributed by atoms with Crippen LogP contribution in [0.25, 0.3) is 0 Å². The number of carbonyl (C=O) groups is 2. The third kappa shape index (κ3) is 6.20. The molecule has 0 atom stereocenters. The molecule has 0 aliphatic carbocycles. The number of methoxy groups -OCH3 is 2. The fourth-order valence-electron chi connectivity index (χ4n) is 2.71. The number of amides is 1. The van der Waals surface area contributed by atoms with Crippen molar-refractivity contribution in [3.05, 3.63) is 57.1 Å². The number of nitrogens with one attached hydrogen (secondary N) is 1. The number of benzene rings is 2. The summed E-state index contributed by atoms with van der Waals surface area (Å²) < 4.78 is 15.4. The van der Waals surface area contributed by atoms with Gasteiger partial charge in [-0.3, -0.25) is 19.7 Å². The van der Waals surface area contributed by atoms with Gasteiger partial charge in [0.15, 0.2) is 6.61 Å². The molecule has 0 aliphatic rings. The molecule has 0 heterocycles. The van der Waals surface area contributed by atoms with E-state index >= 15 is 0 Å².